The molecule has 3 heteroatoms. The van der Waals surface area contributed by atoms with Crippen LogP contribution in [-0.4, -0.2) is 37.4 Å². The summed E-state index contributed by atoms with van der Waals surface area (Å²) in [5.41, 5.74) is 5.24. The van der Waals surface area contributed by atoms with Gasteiger partial charge in [-0.25, -0.2) is 0 Å². The van der Waals surface area contributed by atoms with E-state index in [-0.39, 0.29) is 11.3 Å². The Morgan fingerprint density at radius 3 is 2.62 bits per heavy atom. The second-order valence-electron chi connectivity index (χ2n) is 4.70. The molecule has 1 unspecified atom stereocenters. The fourth-order valence-electron chi connectivity index (χ4n) is 1.80. The van der Waals surface area contributed by atoms with E-state index in [1.54, 1.807) is 0 Å². The molecule has 0 radical (unpaired) electrons. The topological polar surface area (TPSA) is 46.3 Å². The third-order valence-corrected chi connectivity index (χ3v) is 2.94. The van der Waals surface area contributed by atoms with E-state index < -0.39 is 0 Å². The Morgan fingerprint density at radius 1 is 1.62 bits per heavy atom. The molecule has 0 bridgehead atoms. The first-order valence-electron chi connectivity index (χ1n) is 4.90. The van der Waals surface area contributed by atoms with Crippen molar-refractivity contribution in [1.29, 1.82) is 0 Å². The number of likely N-dealkylation sites (tertiary alicyclic amines) is 1. The summed E-state index contributed by atoms with van der Waals surface area (Å²) in [6, 6.07) is 0. The molecule has 3 nitrogen and oxygen atoms in total. The van der Waals surface area contributed by atoms with Crippen LogP contribution >= 0.6 is 0 Å². The molecule has 1 aliphatic rings. The molecule has 1 heterocycles. The minimum Gasteiger partial charge on any atom is -0.329 e. The number of carbonyl (C=O) groups is 1. The highest BCUT2D eigenvalue weighted by molar-refractivity contribution is 5.87. The molecular weight excluding hydrogens is 164 g/mol. The summed E-state index contributed by atoms with van der Waals surface area (Å²) in [5, 5.41) is 0. The summed E-state index contributed by atoms with van der Waals surface area (Å²) >= 11 is 0. The highest BCUT2D eigenvalue weighted by atomic mass is 16.1. The molecule has 0 aromatic heterocycles. The summed E-state index contributed by atoms with van der Waals surface area (Å²) < 4.78 is 0. The Labute approximate surface area is 80.3 Å². The van der Waals surface area contributed by atoms with Gasteiger partial charge in [-0.3, -0.25) is 4.79 Å². The van der Waals surface area contributed by atoms with Gasteiger partial charge in [-0.1, -0.05) is 13.8 Å². The van der Waals surface area contributed by atoms with Crippen molar-refractivity contribution in [3.8, 4) is 0 Å². The van der Waals surface area contributed by atoms with Crippen molar-refractivity contribution in [1.82, 2.24) is 4.90 Å². The van der Waals surface area contributed by atoms with Gasteiger partial charge in [-0.05, 0) is 20.0 Å². The second kappa shape index (κ2) is 3.76. The van der Waals surface area contributed by atoms with Gasteiger partial charge >= 0.3 is 0 Å². The van der Waals surface area contributed by atoms with Gasteiger partial charge in [-0.2, -0.15) is 0 Å². The molecule has 0 spiro atoms. The van der Waals surface area contributed by atoms with Crippen molar-refractivity contribution in [2.45, 2.75) is 20.3 Å². The van der Waals surface area contributed by atoms with E-state index >= 15 is 0 Å². The molecule has 0 aromatic rings. The maximum atomic E-state index is 11.9. The van der Waals surface area contributed by atoms with Crippen LogP contribution in [0.2, 0.25) is 0 Å². The SMILES string of the molecule is CN1CCC(C(=O)C(C)(C)CN)C1. The number of Topliss-reactive ketones (excluding diaryl/α,β-unsaturated/α-hetero) is 1. The molecular formula is C10H20N2O. The van der Waals surface area contributed by atoms with E-state index in [0.717, 1.165) is 19.5 Å². The molecule has 0 saturated carbocycles. The number of hydrogen-bond donors (Lipinski definition) is 1. The number of nitrogens with two attached hydrogens (primary N) is 1. The van der Waals surface area contributed by atoms with Crippen LogP contribution < -0.4 is 5.73 Å². The molecule has 0 aliphatic carbocycles. The minimum atomic E-state index is -0.337. The van der Waals surface area contributed by atoms with Crippen LogP contribution in [0.25, 0.3) is 0 Å². The Balaban J connectivity index is 2.58. The summed E-state index contributed by atoms with van der Waals surface area (Å²) in [6.07, 6.45) is 0.999. The lowest BCUT2D eigenvalue weighted by Gasteiger charge is -2.24. The van der Waals surface area contributed by atoms with E-state index in [1.807, 2.05) is 13.8 Å². The number of hydrogen-bond acceptors (Lipinski definition) is 3. The number of rotatable bonds is 3. The largest absolute Gasteiger partial charge is 0.329 e. The zero-order valence-corrected chi connectivity index (χ0v) is 8.84. The van der Waals surface area contributed by atoms with Crippen LogP contribution in [0.15, 0.2) is 0 Å². The van der Waals surface area contributed by atoms with Gasteiger partial charge in [-0.15, -0.1) is 0 Å². The number of ketones is 1. The predicted molar refractivity (Wildman–Crippen MR) is 53.4 cm³/mol. The first kappa shape index (κ1) is 10.7. The van der Waals surface area contributed by atoms with Crippen molar-refractivity contribution in [2.75, 3.05) is 26.7 Å². The van der Waals surface area contributed by atoms with E-state index in [4.69, 9.17) is 5.73 Å². The molecule has 1 saturated heterocycles. The lowest BCUT2D eigenvalue weighted by molar-refractivity contribution is -0.130. The lowest BCUT2D eigenvalue weighted by Crippen LogP contribution is -2.38. The predicted octanol–water partition coefficient (Wildman–Crippen LogP) is 0.492. The van der Waals surface area contributed by atoms with Crippen molar-refractivity contribution in [3.05, 3.63) is 0 Å². The van der Waals surface area contributed by atoms with Crippen LogP contribution in [0.5, 0.6) is 0 Å². The van der Waals surface area contributed by atoms with Crippen molar-refractivity contribution in [2.24, 2.45) is 17.1 Å². The average molecular weight is 184 g/mol. The first-order valence-corrected chi connectivity index (χ1v) is 4.90. The van der Waals surface area contributed by atoms with Crippen LogP contribution in [0, 0.1) is 11.3 Å². The molecule has 0 aromatic carbocycles. The van der Waals surface area contributed by atoms with Crippen molar-refractivity contribution < 1.29 is 4.79 Å². The van der Waals surface area contributed by atoms with Crippen molar-refractivity contribution >= 4 is 5.78 Å². The van der Waals surface area contributed by atoms with E-state index in [1.165, 1.54) is 0 Å². The molecule has 1 aliphatic heterocycles. The zero-order chi connectivity index (χ0) is 10.1. The van der Waals surface area contributed by atoms with Crippen LogP contribution in [0.4, 0.5) is 0 Å². The molecule has 0 amide bonds. The normalized spacial score (nSPS) is 25.1. The van der Waals surface area contributed by atoms with Gasteiger partial charge in [0.25, 0.3) is 0 Å². The van der Waals surface area contributed by atoms with E-state index in [9.17, 15) is 4.79 Å². The van der Waals surface area contributed by atoms with Crippen LogP contribution in [-0.2, 0) is 4.79 Å². The highest BCUT2D eigenvalue weighted by Crippen LogP contribution is 2.25. The monoisotopic (exact) mass is 184 g/mol. The second-order valence-corrected chi connectivity index (χ2v) is 4.70. The summed E-state index contributed by atoms with van der Waals surface area (Å²) in [4.78, 5) is 14.1. The Morgan fingerprint density at radius 2 is 2.23 bits per heavy atom. The molecule has 2 N–H and O–H groups in total. The van der Waals surface area contributed by atoms with Crippen molar-refractivity contribution in [3.63, 3.8) is 0 Å². The standard InChI is InChI=1S/C10H20N2O/c1-10(2,7-11)9(13)8-4-5-12(3)6-8/h8H,4-7,11H2,1-3H3. The first-order chi connectivity index (χ1) is 5.97. The third kappa shape index (κ3) is 2.29. The minimum absolute atomic E-state index is 0.212. The van der Waals surface area contributed by atoms with Gasteiger partial charge in [0.1, 0.15) is 5.78 Å². The van der Waals surface area contributed by atoms with Gasteiger partial charge in [0.05, 0.1) is 0 Å². The lowest BCUT2D eigenvalue weighted by atomic mass is 9.81. The van der Waals surface area contributed by atoms with Crippen LogP contribution in [0.1, 0.15) is 20.3 Å². The Bertz CT molecular complexity index is 201. The smallest absolute Gasteiger partial charge is 0.144 e. The fraction of sp³-hybridized carbons (Fsp3) is 0.900. The van der Waals surface area contributed by atoms with Gasteiger partial charge in [0.15, 0.2) is 0 Å². The zero-order valence-electron chi connectivity index (χ0n) is 8.84. The van der Waals surface area contributed by atoms with Gasteiger partial charge in [0, 0.05) is 24.4 Å². The van der Waals surface area contributed by atoms with Gasteiger partial charge < -0.3 is 10.6 Å². The summed E-state index contributed by atoms with van der Waals surface area (Å²) in [7, 11) is 2.06. The molecule has 1 fully saturated rings. The Kier molecular flexibility index (Phi) is 3.09. The summed E-state index contributed by atoms with van der Waals surface area (Å²) in [6.45, 7) is 6.27. The van der Waals surface area contributed by atoms with E-state index in [2.05, 4.69) is 11.9 Å². The van der Waals surface area contributed by atoms with E-state index in [0.29, 0.717) is 12.3 Å². The molecule has 1 atom stereocenters. The number of carbonyl (C=O) groups excluding carboxylic acids is 1. The fourth-order valence-corrected chi connectivity index (χ4v) is 1.80. The Hall–Kier alpha value is -0.410. The number of nitrogens with zero attached hydrogens (tertiary/aromatic N) is 1. The quantitative estimate of drug-likeness (QED) is 0.694. The van der Waals surface area contributed by atoms with Gasteiger partial charge in [0.2, 0.25) is 0 Å². The third-order valence-electron chi connectivity index (χ3n) is 2.94. The summed E-state index contributed by atoms with van der Waals surface area (Å²) in [5.74, 6) is 0.544. The maximum Gasteiger partial charge on any atom is 0.144 e. The maximum absolute atomic E-state index is 11.9. The molecule has 13 heavy (non-hydrogen) atoms. The average Bonchev–Trinajstić information content (AvgIpc) is 2.50. The highest BCUT2D eigenvalue weighted by Gasteiger charge is 2.35. The molecule has 1 rings (SSSR count). The van der Waals surface area contributed by atoms with Crippen LogP contribution in [0.3, 0.4) is 0 Å². The molecule has 76 valence electrons.